The maximum Gasteiger partial charge on any atom is 0.236 e. The van der Waals surface area contributed by atoms with Crippen LogP contribution in [0.1, 0.15) is 19.8 Å². The average molecular weight is 248 g/mol. The maximum atomic E-state index is 11.5. The Morgan fingerprint density at radius 1 is 1.60 bits per heavy atom. The highest BCUT2D eigenvalue weighted by molar-refractivity contribution is 8.06. The van der Waals surface area contributed by atoms with E-state index in [1.807, 2.05) is 30.4 Å². The van der Waals surface area contributed by atoms with Crippen LogP contribution in [0.3, 0.4) is 0 Å². The van der Waals surface area contributed by atoms with E-state index >= 15 is 0 Å². The molecule has 0 aromatic rings. The van der Waals surface area contributed by atoms with Gasteiger partial charge in [0.2, 0.25) is 5.91 Å². The predicted octanol–water partition coefficient (Wildman–Crippen LogP) is 1.08. The standard InChI is InChI=1S/C10H20N2OS2/c1-2-3-9(11)10(13)12-6-8-7-14-4-5-15-8/h8-9H,2-7,11H2,1H3,(H,12,13)/t8?,9-/m1/s1. The average Bonchev–Trinajstić information content (AvgIpc) is 2.27. The summed E-state index contributed by atoms with van der Waals surface area (Å²) in [6, 6.07) is -0.323. The van der Waals surface area contributed by atoms with E-state index in [0.29, 0.717) is 5.25 Å². The number of thioether (sulfide) groups is 2. The van der Waals surface area contributed by atoms with Gasteiger partial charge < -0.3 is 11.1 Å². The molecule has 1 aliphatic heterocycles. The van der Waals surface area contributed by atoms with Gasteiger partial charge in [0.05, 0.1) is 6.04 Å². The molecule has 0 aromatic heterocycles. The third-order valence-corrected chi connectivity index (χ3v) is 5.17. The van der Waals surface area contributed by atoms with Gasteiger partial charge in [-0.3, -0.25) is 4.79 Å². The van der Waals surface area contributed by atoms with Crippen molar-refractivity contribution in [3.63, 3.8) is 0 Å². The third-order valence-electron chi connectivity index (χ3n) is 2.33. The van der Waals surface area contributed by atoms with Gasteiger partial charge in [0.1, 0.15) is 0 Å². The largest absolute Gasteiger partial charge is 0.354 e. The lowest BCUT2D eigenvalue weighted by atomic mass is 10.2. The number of carbonyl (C=O) groups is 1. The highest BCUT2D eigenvalue weighted by Crippen LogP contribution is 2.23. The van der Waals surface area contributed by atoms with Crippen LogP contribution in [0.15, 0.2) is 0 Å². The zero-order valence-electron chi connectivity index (χ0n) is 9.20. The van der Waals surface area contributed by atoms with Gasteiger partial charge >= 0.3 is 0 Å². The van der Waals surface area contributed by atoms with Crippen LogP contribution in [0, 0.1) is 0 Å². The Bertz CT molecular complexity index is 196. The van der Waals surface area contributed by atoms with Gasteiger partial charge in [0.25, 0.3) is 0 Å². The monoisotopic (exact) mass is 248 g/mol. The van der Waals surface area contributed by atoms with E-state index in [1.165, 1.54) is 11.5 Å². The quantitative estimate of drug-likeness (QED) is 0.764. The molecular weight excluding hydrogens is 228 g/mol. The van der Waals surface area contributed by atoms with Crippen molar-refractivity contribution in [2.45, 2.75) is 31.1 Å². The van der Waals surface area contributed by atoms with Gasteiger partial charge in [-0.1, -0.05) is 13.3 Å². The Morgan fingerprint density at radius 2 is 2.40 bits per heavy atom. The van der Waals surface area contributed by atoms with Crippen molar-refractivity contribution < 1.29 is 4.79 Å². The van der Waals surface area contributed by atoms with E-state index in [0.717, 1.165) is 25.1 Å². The van der Waals surface area contributed by atoms with Crippen LogP contribution >= 0.6 is 23.5 Å². The van der Waals surface area contributed by atoms with Crippen molar-refractivity contribution in [1.29, 1.82) is 0 Å². The molecule has 2 atom stereocenters. The molecule has 1 heterocycles. The Hall–Kier alpha value is 0.130. The number of amides is 1. The summed E-state index contributed by atoms with van der Waals surface area (Å²) in [5.74, 6) is 3.60. The van der Waals surface area contributed by atoms with Crippen LogP contribution in [-0.2, 0) is 4.79 Å². The summed E-state index contributed by atoms with van der Waals surface area (Å²) >= 11 is 3.92. The minimum Gasteiger partial charge on any atom is -0.354 e. The zero-order chi connectivity index (χ0) is 11.1. The highest BCUT2D eigenvalue weighted by Gasteiger charge is 2.17. The Labute approximate surface area is 100 Å². The molecule has 3 nitrogen and oxygen atoms in total. The van der Waals surface area contributed by atoms with Gasteiger partial charge in [-0.2, -0.15) is 23.5 Å². The summed E-state index contributed by atoms with van der Waals surface area (Å²) in [5.41, 5.74) is 5.72. The van der Waals surface area contributed by atoms with Crippen LogP contribution < -0.4 is 11.1 Å². The number of nitrogens with two attached hydrogens (primary N) is 1. The lowest BCUT2D eigenvalue weighted by Gasteiger charge is -2.22. The summed E-state index contributed by atoms with van der Waals surface area (Å²) in [4.78, 5) is 11.5. The molecule has 1 rings (SSSR count). The van der Waals surface area contributed by atoms with E-state index in [1.54, 1.807) is 0 Å². The zero-order valence-corrected chi connectivity index (χ0v) is 10.8. The van der Waals surface area contributed by atoms with Gasteiger partial charge in [-0.15, -0.1) is 0 Å². The topological polar surface area (TPSA) is 55.1 Å². The second-order valence-corrected chi connectivity index (χ2v) is 6.27. The van der Waals surface area contributed by atoms with Crippen LogP contribution in [0.25, 0.3) is 0 Å². The van der Waals surface area contributed by atoms with E-state index in [9.17, 15) is 4.79 Å². The molecule has 1 amide bonds. The summed E-state index contributed by atoms with van der Waals surface area (Å²) in [7, 11) is 0. The number of hydrogen-bond acceptors (Lipinski definition) is 4. The van der Waals surface area contributed by atoms with Crippen molar-refractivity contribution in [2.75, 3.05) is 23.8 Å². The van der Waals surface area contributed by atoms with Gasteiger partial charge in [-0.05, 0) is 6.42 Å². The SMILES string of the molecule is CCC[C@@H](N)C(=O)NCC1CSCCS1. The normalized spacial score (nSPS) is 23.5. The van der Waals surface area contributed by atoms with Crippen molar-refractivity contribution in [3.05, 3.63) is 0 Å². The molecule has 0 spiro atoms. The number of nitrogens with one attached hydrogen (secondary N) is 1. The second kappa shape index (κ2) is 7.41. The molecule has 0 radical (unpaired) electrons. The molecule has 0 aliphatic carbocycles. The van der Waals surface area contributed by atoms with Gasteiger partial charge in [0.15, 0.2) is 0 Å². The summed E-state index contributed by atoms with van der Waals surface area (Å²) in [6.45, 7) is 2.81. The number of hydrogen-bond donors (Lipinski definition) is 2. The molecule has 1 saturated heterocycles. The van der Waals surface area contributed by atoms with E-state index in [4.69, 9.17) is 5.73 Å². The minimum atomic E-state index is -0.323. The lowest BCUT2D eigenvalue weighted by molar-refractivity contribution is -0.122. The molecule has 1 unspecified atom stereocenters. The van der Waals surface area contributed by atoms with E-state index in [-0.39, 0.29) is 11.9 Å². The molecule has 0 saturated carbocycles. The first kappa shape index (κ1) is 13.2. The molecule has 1 aliphatic rings. The van der Waals surface area contributed by atoms with Crippen LogP contribution in [0.5, 0.6) is 0 Å². The third kappa shape index (κ3) is 5.13. The smallest absolute Gasteiger partial charge is 0.236 e. The van der Waals surface area contributed by atoms with Crippen molar-refractivity contribution in [3.8, 4) is 0 Å². The lowest BCUT2D eigenvalue weighted by Crippen LogP contribution is -2.43. The summed E-state index contributed by atoms with van der Waals surface area (Å²) in [5, 5.41) is 3.51. The highest BCUT2D eigenvalue weighted by atomic mass is 32.2. The minimum absolute atomic E-state index is 0.00743. The van der Waals surface area contributed by atoms with Crippen molar-refractivity contribution in [2.24, 2.45) is 5.73 Å². The molecule has 1 fully saturated rings. The van der Waals surface area contributed by atoms with Crippen LogP contribution in [0.2, 0.25) is 0 Å². The fraction of sp³-hybridized carbons (Fsp3) is 0.900. The first-order valence-corrected chi connectivity index (χ1v) is 7.67. The van der Waals surface area contributed by atoms with Crippen LogP contribution in [-0.4, -0.2) is 41.0 Å². The molecule has 15 heavy (non-hydrogen) atoms. The fourth-order valence-electron chi connectivity index (χ4n) is 1.44. The first-order valence-electron chi connectivity index (χ1n) is 5.46. The van der Waals surface area contributed by atoms with E-state index < -0.39 is 0 Å². The summed E-state index contributed by atoms with van der Waals surface area (Å²) < 4.78 is 0. The predicted molar refractivity (Wildman–Crippen MR) is 69.5 cm³/mol. The first-order chi connectivity index (χ1) is 7.24. The molecule has 5 heteroatoms. The van der Waals surface area contributed by atoms with Crippen molar-refractivity contribution in [1.82, 2.24) is 5.32 Å². The van der Waals surface area contributed by atoms with Crippen LogP contribution in [0.4, 0.5) is 0 Å². The Balaban J connectivity index is 2.14. The van der Waals surface area contributed by atoms with Gasteiger partial charge in [0, 0.05) is 29.1 Å². The molecular formula is C10H20N2OS2. The molecule has 88 valence electrons. The van der Waals surface area contributed by atoms with Crippen molar-refractivity contribution >= 4 is 29.4 Å². The fourth-order valence-corrected chi connectivity index (χ4v) is 4.05. The Kier molecular flexibility index (Phi) is 6.52. The number of carbonyl (C=O) groups excluding carboxylic acids is 1. The molecule has 3 N–H and O–H groups in total. The molecule has 0 aromatic carbocycles. The maximum absolute atomic E-state index is 11.5. The van der Waals surface area contributed by atoms with Gasteiger partial charge in [-0.25, -0.2) is 0 Å². The summed E-state index contributed by atoms with van der Waals surface area (Å²) in [6.07, 6.45) is 1.74. The number of rotatable bonds is 5. The second-order valence-electron chi connectivity index (χ2n) is 3.71. The Morgan fingerprint density at radius 3 is 3.00 bits per heavy atom. The van der Waals surface area contributed by atoms with E-state index in [2.05, 4.69) is 5.32 Å². The molecule has 0 bridgehead atoms.